The summed E-state index contributed by atoms with van der Waals surface area (Å²) in [6.45, 7) is 1.94. The molecule has 5 heteroatoms. The molecule has 0 bridgehead atoms. The van der Waals surface area contributed by atoms with E-state index in [1.165, 1.54) is 12.5 Å². The van der Waals surface area contributed by atoms with E-state index < -0.39 is 11.9 Å². The quantitative estimate of drug-likeness (QED) is 0.603. The standard InChI is InChI=1S/C22H21NO4/c1-14-7-10-16(11-8-14)23-20(24)18-12-9-15(13-19(18)21(23)25)22(26)27-17-5-3-2-4-6-17/h7-13,17H,2-6H2,1H3. The molecule has 1 aliphatic carbocycles. The van der Waals surface area contributed by atoms with Crippen molar-refractivity contribution < 1.29 is 19.1 Å². The smallest absolute Gasteiger partial charge is 0.338 e. The van der Waals surface area contributed by atoms with Gasteiger partial charge in [-0.15, -0.1) is 0 Å². The highest BCUT2D eigenvalue weighted by atomic mass is 16.5. The van der Waals surface area contributed by atoms with Gasteiger partial charge in [-0.1, -0.05) is 24.1 Å². The summed E-state index contributed by atoms with van der Waals surface area (Å²) in [6.07, 6.45) is 5.03. The number of ether oxygens (including phenoxy) is 1. The van der Waals surface area contributed by atoms with Gasteiger partial charge in [-0.3, -0.25) is 9.59 Å². The van der Waals surface area contributed by atoms with Crippen LogP contribution in [-0.4, -0.2) is 23.9 Å². The monoisotopic (exact) mass is 363 g/mol. The summed E-state index contributed by atoms with van der Waals surface area (Å²) in [7, 11) is 0. The molecule has 27 heavy (non-hydrogen) atoms. The second-order valence-corrected chi connectivity index (χ2v) is 7.21. The number of fused-ring (bicyclic) bond motifs is 1. The molecule has 1 fully saturated rings. The van der Waals surface area contributed by atoms with E-state index in [1.807, 2.05) is 19.1 Å². The maximum atomic E-state index is 12.8. The number of carbonyl (C=O) groups excluding carboxylic acids is 3. The van der Waals surface area contributed by atoms with Gasteiger partial charge in [0.05, 0.1) is 22.4 Å². The van der Waals surface area contributed by atoms with Crippen molar-refractivity contribution in [3.05, 3.63) is 64.7 Å². The van der Waals surface area contributed by atoms with E-state index in [1.54, 1.807) is 24.3 Å². The Morgan fingerprint density at radius 1 is 0.926 bits per heavy atom. The fourth-order valence-electron chi connectivity index (χ4n) is 3.70. The first kappa shape index (κ1) is 17.5. The van der Waals surface area contributed by atoms with E-state index >= 15 is 0 Å². The molecule has 0 saturated heterocycles. The van der Waals surface area contributed by atoms with E-state index in [2.05, 4.69) is 0 Å². The molecule has 0 spiro atoms. The molecular formula is C22H21NO4. The Bertz CT molecular complexity index is 910. The fraction of sp³-hybridized carbons (Fsp3) is 0.318. The zero-order valence-electron chi connectivity index (χ0n) is 15.2. The van der Waals surface area contributed by atoms with Crippen LogP contribution in [0.1, 0.15) is 68.7 Å². The molecule has 1 heterocycles. The van der Waals surface area contributed by atoms with Crippen LogP contribution in [0.4, 0.5) is 5.69 Å². The van der Waals surface area contributed by atoms with E-state index in [0.717, 1.165) is 36.1 Å². The zero-order valence-corrected chi connectivity index (χ0v) is 15.2. The largest absolute Gasteiger partial charge is 0.459 e. The number of imide groups is 1. The van der Waals surface area contributed by atoms with Gasteiger partial charge in [0.2, 0.25) is 0 Å². The van der Waals surface area contributed by atoms with Gasteiger partial charge in [0.1, 0.15) is 6.10 Å². The maximum absolute atomic E-state index is 12.8. The number of benzene rings is 2. The Morgan fingerprint density at radius 3 is 2.30 bits per heavy atom. The van der Waals surface area contributed by atoms with Crippen LogP contribution in [0.15, 0.2) is 42.5 Å². The summed E-state index contributed by atoms with van der Waals surface area (Å²) in [5, 5.41) is 0. The number of esters is 1. The number of anilines is 1. The predicted molar refractivity (Wildman–Crippen MR) is 101 cm³/mol. The Labute approximate surface area is 157 Å². The molecule has 0 radical (unpaired) electrons. The lowest BCUT2D eigenvalue weighted by atomic mass is 9.97. The molecule has 0 N–H and O–H groups in total. The molecule has 5 nitrogen and oxygen atoms in total. The number of carbonyl (C=O) groups is 3. The number of hydrogen-bond donors (Lipinski definition) is 0. The highest BCUT2D eigenvalue weighted by Crippen LogP contribution is 2.30. The second-order valence-electron chi connectivity index (χ2n) is 7.21. The summed E-state index contributed by atoms with van der Waals surface area (Å²) in [5.74, 6) is -1.21. The van der Waals surface area contributed by atoms with Gasteiger partial charge in [-0.05, 0) is 62.9 Å². The number of rotatable bonds is 3. The van der Waals surface area contributed by atoms with Crippen molar-refractivity contribution in [3.8, 4) is 0 Å². The van der Waals surface area contributed by atoms with E-state index in [0.29, 0.717) is 16.8 Å². The predicted octanol–water partition coefficient (Wildman–Crippen LogP) is 4.29. The first-order valence-electron chi connectivity index (χ1n) is 9.35. The number of hydrogen-bond acceptors (Lipinski definition) is 4. The SMILES string of the molecule is Cc1ccc(N2C(=O)c3ccc(C(=O)OC4CCCCC4)cc3C2=O)cc1. The number of nitrogens with zero attached hydrogens (tertiary/aromatic N) is 1. The highest BCUT2D eigenvalue weighted by molar-refractivity contribution is 6.34. The molecule has 0 unspecified atom stereocenters. The lowest BCUT2D eigenvalue weighted by molar-refractivity contribution is 0.0211. The normalized spacial score (nSPS) is 17.1. The van der Waals surface area contributed by atoms with Crippen LogP contribution in [0.5, 0.6) is 0 Å². The van der Waals surface area contributed by atoms with Gasteiger partial charge in [0.25, 0.3) is 11.8 Å². The van der Waals surface area contributed by atoms with Gasteiger partial charge < -0.3 is 4.74 Å². The Kier molecular flexibility index (Phi) is 4.52. The van der Waals surface area contributed by atoms with Crippen molar-refractivity contribution in [2.45, 2.75) is 45.1 Å². The minimum absolute atomic E-state index is 0.0547. The lowest BCUT2D eigenvalue weighted by Gasteiger charge is -2.21. The minimum Gasteiger partial charge on any atom is -0.459 e. The fourth-order valence-corrected chi connectivity index (χ4v) is 3.70. The van der Waals surface area contributed by atoms with Gasteiger partial charge in [-0.2, -0.15) is 0 Å². The van der Waals surface area contributed by atoms with Crippen LogP contribution in [0.25, 0.3) is 0 Å². The van der Waals surface area contributed by atoms with Gasteiger partial charge in [0.15, 0.2) is 0 Å². The number of amides is 2. The third-order valence-electron chi connectivity index (χ3n) is 5.24. The van der Waals surface area contributed by atoms with Crippen LogP contribution in [-0.2, 0) is 4.74 Å². The van der Waals surface area contributed by atoms with E-state index in [4.69, 9.17) is 4.74 Å². The van der Waals surface area contributed by atoms with E-state index in [-0.39, 0.29) is 17.6 Å². The molecule has 1 saturated carbocycles. The first-order valence-corrected chi connectivity index (χ1v) is 9.35. The molecule has 1 aliphatic heterocycles. The Morgan fingerprint density at radius 2 is 1.59 bits per heavy atom. The maximum Gasteiger partial charge on any atom is 0.338 e. The van der Waals surface area contributed by atoms with Crippen LogP contribution < -0.4 is 4.90 Å². The molecule has 2 amide bonds. The molecule has 2 aromatic carbocycles. The van der Waals surface area contributed by atoms with Crippen LogP contribution in [0.3, 0.4) is 0 Å². The molecule has 0 atom stereocenters. The Hall–Kier alpha value is -2.95. The Balaban J connectivity index is 1.58. The first-order chi connectivity index (χ1) is 13.0. The molecule has 4 rings (SSSR count). The average Bonchev–Trinajstić information content (AvgIpc) is 2.93. The van der Waals surface area contributed by atoms with Crippen molar-refractivity contribution >= 4 is 23.5 Å². The minimum atomic E-state index is -0.432. The van der Waals surface area contributed by atoms with Crippen molar-refractivity contribution in [1.82, 2.24) is 0 Å². The van der Waals surface area contributed by atoms with Gasteiger partial charge in [0, 0.05) is 0 Å². The third kappa shape index (κ3) is 3.25. The van der Waals surface area contributed by atoms with Crippen LogP contribution in [0, 0.1) is 6.92 Å². The molecular weight excluding hydrogens is 342 g/mol. The van der Waals surface area contributed by atoms with Crippen molar-refractivity contribution in [1.29, 1.82) is 0 Å². The summed E-state index contributed by atoms with van der Waals surface area (Å²) in [6, 6.07) is 11.8. The molecule has 138 valence electrons. The van der Waals surface area contributed by atoms with Crippen molar-refractivity contribution in [2.75, 3.05) is 4.90 Å². The average molecular weight is 363 g/mol. The third-order valence-corrected chi connectivity index (χ3v) is 5.24. The topological polar surface area (TPSA) is 63.7 Å². The second kappa shape index (κ2) is 6.99. The van der Waals surface area contributed by atoms with Crippen LogP contribution >= 0.6 is 0 Å². The summed E-state index contributed by atoms with van der Waals surface area (Å²) >= 11 is 0. The zero-order chi connectivity index (χ0) is 19.0. The van der Waals surface area contributed by atoms with Gasteiger partial charge in [-0.25, -0.2) is 9.69 Å². The number of aryl methyl sites for hydroxylation is 1. The molecule has 2 aromatic rings. The highest BCUT2D eigenvalue weighted by Gasteiger charge is 2.37. The van der Waals surface area contributed by atoms with E-state index in [9.17, 15) is 14.4 Å². The molecule has 0 aromatic heterocycles. The summed E-state index contributed by atoms with van der Waals surface area (Å²) < 4.78 is 5.58. The summed E-state index contributed by atoms with van der Waals surface area (Å²) in [4.78, 5) is 39.1. The lowest BCUT2D eigenvalue weighted by Crippen LogP contribution is -2.29. The van der Waals surface area contributed by atoms with Crippen LogP contribution in [0.2, 0.25) is 0 Å². The van der Waals surface area contributed by atoms with Gasteiger partial charge >= 0.3 is 5.97 Å². The van der Waals surface area contributed by atoms with Crippen molar-refractivity contribution in [2.24, 2.45) is 0 Å². The summed E-state index contributed by atoms with van der Waals surface area (Å²) in [5.41, 5.74) is 2.45. The van der Waals surface area contributed by atoms with Crippen molar-refractivity contribution in [3.63, 3.8) is 0 Å². The molecule has 2 aliphatic rings.